The summed E-state index contributed by atoms with van der Waals surface area (Å²) in [5.74, 6) is -0.334. The van der Waals surface area contributed by atoms with E-state index in [-0.39, 0.29) is 0 Å². The van der Waals surface area contributed by atoms with E-state index in [1.165, 1.54) is 0 Å². The smallest absolute Gasteiger partial charge is 0.335 e. The van der Waals surface area contributed by atoms with E-state index in [1.54, 1.807) is 12.1 Å². The zero-order chi connectivity index (χ0) is 13.1. The van der Waals surface area contributed by atoms with Gasteiger partial charge in [0.15, 0.2) is 0 Å². The molecule has 1 heterocycles. The van der Waals surface area contributed by atoms with Crippen LogP contribution in [0.4, 0.5) is 5.69 Å². The first-order chi connectivity index (χ1) is 8.59. The fourth-order valence-electron chi connectivity index (χ4n) is 2.46. The number of aromatic carboxylic acids is 1. The minimum Gasteiger partial charge on any atom is -0.478 e. The Kier molecular flexibility index (Phi) is 3.87. The maximum atomic E-state index is 11.0. The SMILES string of the molecule is CC(C)C1CNCCN1c1cccc(C(=O)O)c1. The number of carboxylic acids is 1. The molecule has 0 aliphatic carbocycles. The van der Waals surface area contributed by atoms with Crippen LogP contribution in [0.15, 0.2) is 24.3 Å². The Bertz CT molecular complexity index is 432. The highest BCUT2D eigenvalue weighted by Gasteiger charge is 2.25. The summed E-state index contributed by atoms with van der Waals surface area (Å²) in [7, 11) is 0. The van der Waals surface area contributed by atoms with Crippen molar-refractivity contribution in [1.82, 2.24) is 5.32 Å². The van der Waals surface area contributed by atoms with Crippen LogP contribution < -0.4 is 10.2 Å². The zero-order valence-corrected chi connectivity index (χ0v) is 10.9. The molecule has 1 aliphatic rings. The van der Waals surface area contributed by atoms with Gasteiger partial charge >= 0.3 is 5.97 Å². The van der Waals surface area contributed by atoms with Crippen LogP contribution >= 0.6 is 0 Å². The van der Waals surface area contributed by atoms with Crippen LogP contribution in [0, 0.1) is 5.92 Å². The second kappa shape index (κ2) is 5.40. The first-order valence-corrected chi connectivity index (χ1v) is 6.40. The second-order valence-corrected chi connectivity index (χ2v) is 5.06. The molecule has 0 spiro atoms. The van der Waals surface area contributed by atoms with Crippen molar-refractivity contribution in [2.75, 3.05) is 24.5 Å². The second-order valence-electron chi connectivity index (χ2n) is 5.06. The predicted octanol–water partition coefficient (Wildman–Crippen LogP) is 1.82. The summed E-state index contributed by atoms with van der Waals surface area (Å²) < 4.78 is 0. The van der Waals surface area contributed by atoms with E-state index in [0.29, 0.717) is 17.5 Å². The summed E-state index contributed by atoms with van der Waals surface area (Å²) in [5.41, 5.74) is 1.36. The number of anilines is 1. The van der Waals surface area contributed by atoms with E-state index in [2.05, 4.69) is 24.1 Å². The molecule has 2 N–H and O–H groups in total. The maximum Gasteiger partial charge on any atom is 0.335 e. The van der Waals surface area contributed by atoms with Crippen molar-refractivity contribution < 1.29 is 9.90 Å². The van der Waals surface area contributed by atoms with E-state index in [9.17, 15) is 4.79 Å². The number of nitrogens with zero attached hydrogens (tertiary/aromatic N) is 1. The summed E-state index contributed by atoms with van der Waals surface area (Å²) in [6.45, 7) is 7.22. The van der Waals surface area contributed by atoms with Gasteiger partial charge in [0.25, 0.3) is 0 Å². The number of piperazine rings is 1. The molecular weight excluding hydrogens is 228 g/mol. The first-order valence-electron chi connectivity index (χ1n) is 6.40. The molecule has 1 aliphatic heterocycles. The Labute approximate surface area is 108 Å². The molecule has 1 aromatic carbocycles. The number of carbonyl (C=O) groups is 1. The number of rotatable bonds is 3. The molecule has 1 saturated heterocycles. The lowest BCUT2D eigenvalue weighted by atomic mass is 9.99. The fourth-order valence-corrected chi connectivity index (χ4v) is 2.46. The van der Waals surface area contributed by atoms with Crippen molar-refractivity contribution in [3.05, 3.63) is 29.8 Å². The molecule has 2 rings (SSSR count). The van der Waals surface area contributed by atoms with Crippen LogP contribution in [0.3, 0.4) is 0 Å². The molecule has 1 aromatic rings. The van der Waals surface area contributed by atoms with Gasteiger partial charge in [0.1, 0.15) is 0 Å². The van der Waals surface area contributed by atoms with Crippen molar-refractivity contribution in [1.29, 1.82) is 0 Å². The molecule has 0 radical (unpaired) electrons. The third-order valence-corrected chi connectivity index (χ3v) is 3.48. The molecule has 1 atom stereocenters. The van der Waals surface area contributed by atoms with Crippen LogP contribution in [0.2, 0.25) is 0 Å². The minimum atomic E-state index is -0.868. The van der Waals surface area contributed by atoms with Crippen LogP contribution in [0.1, 0.15) is 24.2 Å². The molecule has 4 nitrogen and oxygen atoms in total. The van der Waals surface area contributed by atoms with Crippen LogP contribution in [0.25, 0.3) is 0 Å². The van der Waals surface area contributed by atoms with E-state index in [4.69, 9.17) is 5.11 Å². The summed E-state index contributed by atoms with van der Waals surface area (Å²) in [4.78, 5) is 13.3. The molecule has 1 unspecified atom stereocenters. The summed E-state index contributed by atoms with van der Waals surface area (Å²) >= 11 is 0. The van der Waals surface area contributed by atoms with E-state index < -0.39 is 5.97 Å². The van der Waals surface area contributed by atoms with Gasteiger partial charge in [-0.25, -0.2) is 4.79 Å². The summed E-state index contributed by atoms with van der Waals surface area (Å²) in [5, 5.41) is 12.4. The third kappa shape index (κ3) is 2.64. The molecule has 18 heavy (non-hydrogen) atoms. The largest absolute Gasteiger partial charge is 0.478 e. The quantitative estimate of drug-likeness (QED) is 0.856. The molecule has 0 saturated carbocycles. The lowest BCUT2D eigenvalue weighted by molar-refractivity contribution is 0.0697. The lowest BCUT2D eigenvalue weighted by Gasteiger charge is -2.40. The van der Waals surface area contributed by atoms with Gasteiger partial charge in [0, 0.05) is 31.4 Å². The van der Waals surface area contributed by atoms with Gasteiger partial charge in [-0.2, -0.15) is 0 Å². The van der Waals surface area contributed by atoms with Crippen molar-refractivity contribution in [3.8, 4) is 0 Å². The molecule has 1 fully saturated rings. The van der Waals surface area contributed by atoms with Gasteiger partial charge in [-0.1, -0.05) is 19.9 Å². The Morgan fingerprint density at radius 2 is 2.28 bits per heavy atom. The number of carboxylic acid groups (broad SMARTS) is 1. The predicted molar refractivity (Wildman–Crippen MR) is 72.2 cm³/mol. The molecule has 0 aromatic heterocycles. The molecule has 0 bridgehead atoms. The monoisotopic (exact) mass is 248 g/mol. The van der Waals surface area contributed by atoms with Gasteiger partial charge in [0.2, 0.25) is 0 Å². The Balaban J connectivity index is 2.28. The minimum absolute atomic E-state index is 0.355. The van der Waals surface area contributed by atoms with E-state index in [1.807, 2.05) is 12.1 Å². The van der Waals surface area contributed by atoms with Gasteiger partial charge in [-0.3, -0.25) is 0 Å². The average Bonchev–Trinajstić information content (AvgIpc) is 2.39. The fraction of sp³-hybridized carbons (Fsp3) is 0.500. The molecule has 0 amide bonds. The number of nitrogens with one attached hydrogen (secondary N) is 1. The Morgan fingerprint density at radius 1 is 1.50 bits per heavy atom. The standard InChI is InChI=1S/C14H20N2O2/c1-10(2)13-9-15-6-7-16(13)12-5-3-4-11(8-12)14(17)18/h3-5,8,10,13,15H,6-7,9H2,1-2H3,(H,17,18). The molecule has 4 heteroatoms. The Hall–Kier alpha value is -1.55. The lowest BCUT2D eigenvalue weighted by Crippen LogP contribution is -2.53. The van der Waals surface area contributed by atoms with Crippen molar-refractivity contribution in [2.45, 2.75) is 19.9 Å². The van der Waals surface area contributed by atoms with Gasteiger partial charge in [-0.15, -0.1) is 0 Å². The topological polar surface area (TPSA) is 52.6 Å². The average molecular weight is 248 g/mol. The normalized spacial score (nSPS) is 20.2. The highest BCUT2D eigenvalue weighted by molar-refractivity contribution is 5.88. The van der Waals surface area contributed by atoms with Crippen LogP contribution in [0.5, 0.6) is 0 Å². The van der Waals surface area contributed by atoms with E-state index in [0.717, 1.165) is 25.3 Å². The third-order valence-electron chi connectivity index (χ3n) is 3.48. The highest BCUT2D eigenvalue weighted by Crippen LogP contribution is 2.23. The van der Waals surface area contributed by atoms with E-state index >= 15 is 0 Å². The highest BCUT2D eigenvalue weighted by atomic mass is 16.4. The van der Waals surface area contributed by atoms with Crippen molar-refractivity contribution in [2.24, 2.45) is 5.92 Å². The van der Waals surface area contributed by atoms with Crippen molar-refractivity contribution >= 4 is 11.7 Å². The first kappa shape index (κ1) is 12.9. The van der Waals surface area contributed by atoms with Gasteiger partial charge in [-0.05, 0) is 24.1 Å². The Morgan fingerprint density at radius 3 is 2.94 bits per heavy atom. The van der Waals surface area contributed by atoms with Crippen molar-refractivity contribution in [3.63, 3.8) is 0 Å². The van der Waals surface area contributed by atoms with Crippen LogP contribution in [-0.2, 0) is 0 Å². The zero-order valence-electron chi connectivity index (χ0n) is 10.9. The number of benzene rings is 1. The number of hydrogen-bond acceptors (Lipinski definition) is 3. The summed E-state index contributed by atoms with van der Waals surface area (Å²) in [6.07, 6.45) is 0. The maximum absolute atomic E-state index is 11.0. The summed E-state index contributed by atoms with van der Waals surface area (Å²) in [6, 6.07) is 7.63. The van der Waals surface area contributed by atoms with Gasteiger partial charge in [0.05, 0.1) is 5.56 Å². The molecule has 98 valence electrons. The molecular formula is C14H20N2O2. The van der Waals surface area contributed by atoms with Gasteiger partial charge < -0.3 is 15.3 Å². The van der Waals surface area contributed by atoms with Crippen LogP contribution in [-0.4, -0.2) is 36.8 Å². The number of hydrogen-bond donors (Lipinski definition) is 2.